The number of furan rings is 1. The summed E-state index contributed by atoms with van der Waals surface area (Å²) in [7, 11) is 1.78. The molecule has 23 heavy (non-hydrogen) atoms. The first kappa shape index (κ1) is 16.5. The van der Waals surface area contributed by atoms with Crippen LogP contribution < -0.4 is 5.32 Å². The maximum Gasteiger partial charge on any atom is 0.224 e. The normalized spacial score (nSPS) is 29.3. The topological polar surface area (TPSA) is 54.7 Å². The molecule has 1 atom stereocenters. The van der Waals surface area contributed by atoms with E-state index in [-0.39, 0.29) is 11.8 Å². The highest BCUT2D eigenvalue weighted by Crippen LogP contribution is 2.23. The lowest BCUT2D eigenvalue weighted by Gasteiger charge is -2.33. The van der Waals surface area contributed by atoms with E-state index in [4.69, 9.17) is 9.15 Å². The molecule has 1 saturated carbocycles. The molecule has 1 aromatic heterocycles. The number of hydrogen-bond donors (Lipinski definition) is 1. The first-order valence-corrected chi connectivity index (χ1v) is 8.82. The Morgan fingerprint density at radius 1 is 1.35 bits per heavy atom. The van der Waals surface area contributed by atoms with Crippen LogP contribution in [0, 0.1) is 5.92 Å². The molecule has 1 saturated heterocycles. The van der Waals surface area contributed by atoms with Crippen molar-refractivity contribution in [1.82, 2.24) is 10.2 Å². The molecule has 3 rings (SSSR count). The Morgan fingerprint density at radius 2 is 2.17 bits per heavy atom. The summed E-state index contributed by atoms with van der Waals surface area (Å²) < 4.78 is 10.8. The van der Waals surface area contributed by atoms with Crippen LogP contribution in [-0.4, -0.2) is 43.2 Å². The van der Waals surface area contributed by atoms with Gasteiger partial charge < -0.3 is 14.5 Å². The number of methoxy groups -OCH3 is 1. The van der Waals surface area contributed by atoms with Crippen LogP contribution in [0.5, 0.6) is 0 Å². The zero-order valence-electron chi connectivity index (χ0n) is 14.0. The number of ether oxygens (including phenoxy) is 1. The highest BCUT2D eigenvalue weighted by Gasteiger charge is 2.29. The van der Waals surface area contributed by atoms with Crippen molar-refractivity contribution < 1.29 is 13.9 Å². The number of carbonyl (C=O) groups excluding carboxylic acids is 1. The average Bonchev–Trinajstić information content (AvgIpc) is 3.09. The first-order valence-electron chi connectivity index (χ1n) is 8.82. The van der Waals surface area contributed by atoms with Gasteiger partial charge >= 0.3 is 0 Å². The van der Waals surface area contributed by atoms with Gasteiger partial charge in [0.05, 0.1) is 24.8 Å². The van der Waals surface area contributed by atoms with E-state index in [9.17, 15) is 4.79 Å². The number of nitrogens with zero attached hydrogens (tertiary/aromatic N) is 1. The van der Waals surface area contributed by atoms with Gasteiger partial charge in [-0.3, -0.25) is 9.69 Å². The molecule has 1 aromatic rings. The Morgan fingerprint density at radius 3 is 2.87 bits per heavy atom. The van der Waals surface area contributed by atoms with Crippen molar-refractivity contribution in [2.45, 2.75) is 57.2 Å². The number of likely N-dealkylation sites (tertiary alicyclic amines) is 1. The number of carbonyl (C=O) groups is 1. The quantitative estimate of drug-likeness (QED) is 0.906. The van der Waals surface area contributed by atoms with Crippen LogP contribution >= 0.6 is 0 Å². The van der Waals surface area contributed by atoms with Crippen molar-refractivity contribution in [3.05, 3.63) is 24.2 Å². The van der Waals surface area contributed by atoms with Gasteiger partial charge in [-0.25, -0.2) is 0 Å². The minimum absolute atomic E-state index is 0.110. The van der Waals surface area contributed by atoms with Gasteiger partial charge in [-0.15, -0.1) is 0 Å². The average molecular weight is 320 g/mol. The molecule has 0 radical (unpaired) electrons. The summed E-state index contributed by atoms with van der Waals surface area (Å²) in [5, 5.41) is 3.27. The van der Waals surface area contributed by atoms with Gasteiger partial charge in [0.1, 0.15) is 5.76 Å². The van der Waals surface area contributed by atoms with E-state index in [2.05, 4.69) is 10.2 Å². The van der Waals surface area contributed by atoms with Crippen molar-refractivity contribution in [2.75, 3.05) is 20.2 Å². The predicted molar refractivity (Wildman–Crippen MR) is 87.9 cm³/mol. The molecule has 1 amide bonds. The second kappa shape index (κ2) is 7.97. The Bertz CT molecular complexity index is 480. The summed E-state index contributed by atoms with van der Waals surface area (Å²) in [4.78, 5) is 14.9. The number of amides is 1. The molecule has 1 aliphatic carbocycles. The molecule has 0 aromatic carbocycles. The highest BCUT2D eigenvalue weighted by atomic mass is 16.5. The van der Waals surface area contributed by atoms with Crippen LogP contribution in [0.3, 0.4) is 0 Å². The molecular weight excluding hydrogens is 292 g/mol. The van der Waals surface area contributed by atoms with Crippen LogP contribution in [0.25, 0.3) is 0 Å². The molecule has 0 bridgehead atoms. The van der Waals surface area contributed by atoms with Gasteiger partial charge in [0.25, 0.3) is 0 Å². The minimum atomic E-state index is 0.110. The van der Waals surface area contributed by atoms with Crippen LogP contribution in [0.1, 0.15) is 44.3 Å². The summed E-state index contributed by atoms with van der Waals surface area (Å²) in [6.45, 7) is 2.68. The Kier molecular flexibility index (Phi) is 5.73. The third-order valence-corrected chi connectivity index (χ3v) is 5.19. The lowest BCUT2D eigenvalue weighted by molar-refractivity contribution is -0.128. The van der Waals surface area contributed by atoms with Gasteiger partial charge in [0.2, 0.25) is 5.91 Å². The van der Waals surface area contributed by atoms with Crippen molar-refractivity contribution in [3.8, 4) is 0 Å². The summed E-state index contributed by atoms with van der Waals surface area (Å²) in [6, 6.07) is 4.24. The fraction of sp³-hybridized carbons (Fsp3) is 0.722. The highest BCUT2D eigenvalue weighted by molar-refractivity contribution is 5.79. The van der Waals surface area contributed by atoms with Crippen LogP contribution in [0.15, 0.2) is 22.8 Å². The van der Waals surface area contributed by atoms with E-state index < -0.39 is 0 Å². The molecule has 5 heteroatoms. The number of piperidine rings is 1. The third-order valence-electron chi connectivity index (χ3n) is 5.19. The van der Waals surface area contributed by atoms with Gasteiger partial charge in [0.15, 0.2) is 0 Å². The van der Waals surface area contributed by atoms with E-state index in [1.54, 1.807) is 13.4 Å². The predicted octanol–water partition coefficient (Wildman–Crippen LogP) is 2.57. The smallest absolute Gasteiger partial charge is 0.224 e. The number of hydrogen-bond acceptors (Lipinski definition) is 4. The standard InChI is InChI=1S/C18H28N2O3/c1-22-16-8-6-15(7-9-16)19-18(21)14-4-2-10-20(12-14)13-17-5-3-11-23-17/h3,5,11,14-16H,2,4,6-10,12-13H2,1H3,(H,19,21). The summed E-state index contributed by atoms with van der Waals surface area (Å²) in [5.74, 6) is 1.32. The SMILES string of the molecule is COC1CCC(NC(=O)C2CCCN(Cc3ccco3)C2)CC1. The molecule has 2 heterocycles. The van der Waals surface area contributed by atoms with E-state index >= 15 is 0 Å². The van der Waals surface area contributed by atoms with Crippen molar-refractivity contribution in [3.63, 3.8) is 0 Å². The Hall–Kier alpha value is -1.33. The second-order valence-electron chi connectivity index (χ2n) is 6.87. The molecule has 2 fully saturated rings. The first-order chi connectivity index (χ1) is 11.2. The van der Waals surface area contributed by atoms with E-state index in [1.165, 1.54) is 0 Å². The van der Waals surface area contributed by atoms with Crippen LogP contribution in [-0.2, 0) is 16.1 Å². The molecule has 1 N–H and O–H groups in total. The lowest BCUT2D eigenvalue weighted by atomic mass is 9.91. The van der Waals surface area contributed by atoms with Crippen LogP contribution in [0.2, 0.25) is 0 Å². The van der Waals surface area contributed by atoms with E-state index in [0.717, 1.165) is 63.9 Å². The van der Waals surface area contributed by atoms with E-state index in [1.807, 2.05) is 12.1 Å². The monoisotopic (exact) mass is 320 g/mol. The fourth-order valence-corrected chi connectivity index (χ4v) is 3.80. The molecule has 128 valence electrons. The van der Waals surface area contributed by atoms with Crippen molar-refractivity contribution in [1.29, 1.82) is 0 Å². The molecule has 0 spiro atoms. The Labute approximate surface area is 138 Å². The zero-order valence-corrected chi connectivity index (χ0v) is 14.0. The summed E-state index contributed by atoms with van der Waals surface area (Å²) in [6.07, 6.45) is 8.33. The lowest BCUT2D eigenvalue weighted by Crippen LogP contribution is -2.46. The molecule has 1 aliphatic heterocycles. The van der Waals surface area contributed by atoms with Gasteiger partial charge in [0, 0.05) is 19.7 Å². The molecule has 5 nitrogen and oxygen atoms in total. The molecule has 1 unspecified atom stereocenters. The van der Waals surface area contributed by atoms with Crippen molar-refractivity contribution >= 4 is 5.91 Å². The molecular formula is C18H28N2O3. The largest absolute Gasteiger partial charge is 0.468 e. The third kappa shape index (κ3) is 4.58. The maximum atomic E-state index is 12.6. The Balaban J connectivity index is 1.45. The van der Waals surface area contributed by atoms with Gasteiger partial charge in [-0.2, -0.15) is 0 Å². The number of rotatable bonds is 5. The zero-order chi connectivity index (χ0) is 16.1. The maximum absolute atomic E-state index is 12.6. The second-order valence-corrected chi connectivity index (χ2v) is 6.87. The minimum Gasteiger partial charge on any atom is -0.468 e. The summed E-state index contributed by atoms with van der Waals surface area (Å²) >= 11 is 0. The number of nitrogens with one attached hydrogen (secondary N) is 1. The van der Waals surface area contributed by atoms with Gasteiger partial charge in [-0.05, 0) is 57.2 Å². The van der Waals surface area contributed by atoms with Crippen LogP contribution in [0.4, 0.5) is 0 Å². The van der Waals surface area contributed by atoms with E-state index in [0.29, 0.717) is 12.1 Å². The molecule has 2 aliphatic rings. The fourth-order valence-electron chi connectivity index (χ4n) is 3.80. The van der Waals surface area contributed by atoms with Crippen molar-refractivity contribution in [2.24, 2.45) is 5.92 Å². The summed E-state index contributed by atoms with van der Waals surface area (Å²) in [5.41, 5.74) is 0. The van der Waals surface area contributed by atoms with Gasteiger partial charge in [-0.1, -0.05) is 0 Å².